The van der Waals surface area contributed by atoms with Gasteiger partial charge in [0.2, 0.25) is 0 Å². The second-order valence-electron chi connectivity index (χ2n) is 9.34. The molecule has 2 saturated carbocycles. The van der Waals surface area contributed by atoms with Gasteiger partial charge in [0.15, 0.2) is 0 Å². The predicted octanol–water partition coefficient (Wildman–Crippen LogP) is 9.35. The fourth-order valence-corrected chi connectivity index (χ4v) is 6.90. The van der Waals surface area contributed by atoms with Crippen LogP contribution in [0.25, 0.3) is 0 Å². The van der Waals surface area contributed by atoms with Crippen LogP contribution in [0.3, 0.4) is 0 Å². The third-order valence-corrected chi connectivity index (χ3v) is 10.1. The van der Waals surface area contributed by atoms with E-state index in [0.717, 1.165) is 0 Å². The SMILES string of the molecule is [CH-]1CCCC1.[CH-]1CCCC1.[CH2-]P(c1ccccc1)c1ccccc1.[CH2-]P(c1ccccc1)c1ccccc1.[Ti+4]. The minimum Gasteiger partial charge on any atom is -0.328 e. The van der Waals surface area contributed by atoms with Crippen LogP contribution < -0.4 is 21.2 Å². The van der Waals surface area contributed by atoms with Crippen LogP contribution >= 0.6 is 15.8 Å². The van der Waals surface area contributed by atoms with E-state index in [4.69, 9.17) is 0 Å². The smallest absolute Gasteiger partial charge is 0.328 e. The molecule has 4 aromatic rings. The molecule has 0 bridgehead atoms. The van der Waals surface area contributed by atoms with Gasteiger partial charge in [0, 0.05) is 0 Å². The molecular weight excluding hydrogens is 542 g/mol. The summed E-state index contributed by atoms with van der Waals surface area (Å²) in [6, 6.07) is 41.9. The van der Waals surface area contributed by atoms with Crippen LogP contribution in [0, 0.1) is 26.2 Å². The Morgan fingerprint density at radius 3 is 0.744 bits per heavy atom. The van der Waals surface area contributed by atoms with E-state index in [-0.39, 0.29) is 21.7 Å². The van der Waals surface area contributed by atoms with Crippen LogP contribution in [0.4, 0.5) is 0 Å². The van der Waals surface area contributed by atoms with Gasteiger partial charge in [-0.2, -0.15) is 25.7 Å². The molecule has 0 atom stereocenters. The standard InChI is InChI=1S/2C13H12P.2C5H9.Ti/c2*1-14(12-8-4-2-5-9-12)13-10-6-3-7-11-13;2*1-2-4-5-3-1;/h2*2-11H,1H2;2*1H,2-5H2;/q4*-1;+4. The molecule has 0 saturated heterocycles. The van der Waals surface area contributed by atoms with Crippen molar-refractivity contribution in [1.29, 1.82) is 0 Å². The Morgan fingerprint density at radius 2 is 0.590 bits per heavy atom. The molecular formula is C36H42P2Ti. The van der Waals surface area contributed by atoms with Crippen molar-refractivity contribution in [3.05, 3.63) is 147 Å². The third kappa shape index (κ3) is 13.6. The first-order valence-electron chi connectivity index (χ1n) is 13.8. The Morgan fingerprint density at radius 1 is 0.385 bits per heavy atom. The molecule has 39 heavy (non-hydrogen) atoms. The molecule has 2 fully saturated rings. The van der Waals surface area contributed by atoms with E-state index in [1.165, 1.54) is 72.6 Å². The van der Waals surface area contributed by atoms with Gasteiger partial charge in [0.1, 0.15) is 0 Å². The van der Waals surface area contributed by atoms with E-state index in [1.54, 1.807) is 0 Å². The van der Waals surface area contributed by atoms with E-state index in [2.05, 4.69) is 123 Å². The summed E-state index contributed by atoms with van der Waals surface area (Å²) < 4.78 is 0. The van der Waals surface area contributed by atoms with Crippen molar-refractivity contribution in [3.63, 3.8) is 0 Å². The van der Waals surface area contributed by atoms with Crippen LogP contribution in [-0.4, -0.2) is 0 Å². The van der Waals surface area contributed by atoms with Crippen LogP contribution in [0.5, 0.6) is 0 Å². The Balaban J connectivity index is 0.000000199. The normalized spacial score (nSPS) is 13.6. The van der Waals surface area contributed by atoms with E-state index in [0.29, 0.717) is 0 Å². The first kappa shape index (κ1) is 33.7. The minimum absolute atomic E-state index is 0. The maximum absolute atomic E-state index is 4.24. The van der Waals surface area contributed by atoms with Crippen molar-refractivity contribution in [2.45, 2.75) is 51.4 Å². The van der Waals surface area contributed by atoms with Crippen LogP contribution in [0.2, 0.25) is 0 Å². The topological polar surface area (TPSA) is 0 Å². The van der Waals surface area contributed by atoms with Gasteiger partial charge in [-0.15, -0.1) is 0 Å². The molecule has 0 spiro atoms. The predicted molar refractivity (Wildman–Crippen MR) is 174 cm³/mol. The summed E-state index contributed by atoms with van der Waals surface area (Å²) in [6.07, 6.45) is 16.0. The fourth-order valence-electron chi connectivity index (χ4n) is 4.17. The summed E-state index contributed by atoms with van der Waals surface area (Å²) in [4.78, 5) is 0. The van der Waals surface area contributed by atoms with E-state index in [1.807, 2.05) is 24.3 Å². The van der Waals surface area contributed by atoms with Crippen LogP contribution in [-0.2, 0) is 21.7 Å². The van der Waals surface area contributed by atoms with Crippen LogP contribution in [0.15, 0.2) is 121 Å². The number of hydrogen-bond acceptors (Lipinski definition) is 0. The molecule has 0 radical (unpaired) electrons. The van der Waals surface area contributed by atoms with Gasteiger partial charge in [-0.1, -0.05) is 168 Å². The van der Waals surface area contributed by atoms with E-state index in [9.17, 15) is 0 Å². The summed E-state index contributed by atoms with van der Waals surface area (Å²) in [5, 5.41) is 5.31. The van der Waals surface area contributed by atoms with Crippen LogP contribution in [0.1, 0.15) is 51.4 Å². The molecule has 2 aliphatic rings. The molecule has 0 heterocycles. The van der Waals surface area contributed by atoms with Gasteiger partial charge in [-0.25, -0.2) is 15.8 Å². The summed E-state index contributed by atoms with van der Waals surface area (Å²) in [6.45, 7) is 8.49. The molecule has 2 aliphatic carbocycles. The molecule has 4 aromatic carbocycles. The largest absolute Gasteiger partial charge is 4.00 e. The minimum atomic E-state index is -0.421. The fraction of sp³-hybridized carbons (Fsp3) is 0.222. The zero-order valence-electron chi connectivity index (χ0n) is 23.2. The quantitative estimate of drug-likeness (QED) is 0.127. The van der Waals surface area contributed by atoms with Crippen molar-refractivity contribution in [2.75, 3.05) is 0 Å². The molecule has 0 nitrogen and oxygen atoms in total. The molecule has 0 unspecified atom stereocenters. The molecule has 0 N–H and O–H groups in total. The first-order valence-corrected chi connectivity index (χ1v) is 16.9. The van der Waals surface area contributed by atoms with Gasteiger partial charge in [-0.05, 0) is 0 Å². The maximum atomic E-state index is 4.24. The molecule has 0 amide bonds. The van der Waals surface area contributed by atoms with Crippen molar-refractivity contribution >= 4 is 37.1 Å². The molecule has 200 valence electrons. The summed E-state index contributed by atoms with van der Waals surface area (Å²) in [7, 11) is -0.842. The second-order valence-corrected chi connectivity index (χ2v) is 13.1. The van der Waals surface area contributed by atoms with Gasteiger partial charge in [0.05, 0.1) is 0 Å². The zero-order valence-corrected chi connectivity index (χ0v) is 26.5. The summed E-state index contributed by atoms with van der Waals surface area (Å²) in [5.41, 5.74) is 0. The summed E-state index contributed by atoms with van der Waals surface area (Å²) in [5.74, 6) is 0. The maximum Gasteiger partial charge on any atom is 4.00 e. The van der Waals surface area contributed by atoms with Crippen molar-refractivity contribution in [1.82, 2.24) is 0 Å². The average molecular weight is 585 g/mol. The Hall–Kier alpha value is -1.55. The number of rotatable bonds is 4. The number of hydrogen-bond donors (Lipinski definition) is 0. The van der Waals surface area contributed by atoms with Crippen molar-refractivity contribution in [3.8, 4) is 0 Å². The second kappa shape index (κ2) is 21.2. The van der Waals surface area contributed by atoms with Gasteiger partial charge in [-0.3, -0.25) is 0 Å². The van der Waals surface area contributed by atoms with E-state index >= 15 is 0 Å². The monoisotopic (exact) mass is 584 g/mol. The van der Waals surface area contributed by atoms with Gasteiger partial charge < -0.3 is 26.2 Å². The Kier molecular flexibility index (Phi) is 18.3. The molecule has 0 aliphatic heterocycles. The van der Waals surface area contributed by atoms with Crippen molar-refractivity contribution < 1.29 is 21.7 Å². The third-order valence-electron chi connectivity index (χ3n) is 6.40. The molecule has 6 rings (SSSR count). The van der Waals surface area contributed by atoms with Gasteiger partial charge >= 0.3 is 21.7 Å². The zero-order chi connectivity index (χ0) is 26.7. The van der Waals surface area contributed by atoms with Crippen molar-refractivity contribution in [2.24, 2.45) is 0 Å². The summed E-state index contributed by atoms with van der Waals surface area (Å²) >= 11 is 0. The Labute approximate surface area is 256 Å². The average Bonchev–Trinajstić information content (AvgIpc) is 3.79. The first-order chi connectivity index (χ1) is 18.8. The molecule has 0 aromatic heterocycles. The Bertz CT molecular complexity index is 895. The molecule has 3 heteroatoms. The number of benzene rings is 4. The van der Waals surface area contributed by atoms with Gasteiger partial charge in [0.25, 0.3) is 0 Å². The van der Waals surface area contributed by atoms with E-state index < -0.39 is 15.8 Å².